The van der Waals surface area contributed by atoms with Crippen molar-refractivity contribution in [2.75, 3.05) is 13.7 Å². The summed E-state index contributed by atoms with van der Waals surface area (Å²) in [6, 6.07) is 35.7. The number of carbonyl (C=O) groups excluding carboxylic acids is 4. The van der Waals surface area contributed by atoms with Crippen molar-refractivity contribution in [1.29, 1.82) is 0 Å². The van der Waals surface area contributed by atoms with Gasteiger partial charge in [-0.05, 0) is 46.5 Å². The number of β-lactam (4-membered cyclic amide) rings is 1. The lowest BCUT2D eigenvalue weighted by Crippen LogP contribution is -2.69. The van der Waals surface area contributed by atoms with Crippen molar-refractivity contribution in [3.63, 3.8) is 0 Å². The number of hydrogen-bond donors (Lipinski definition) is 1. The average molecular weight is 777 g/mol. The van der Waals surface area contributed by atoms with E-state index in [1.165, 1.54) is 6.08 Å². The van der Waals surface area contributed by atoms with Gasteiger partial charge in [0.05, 0.1) is 24.5 Å². The van der Waals surface area contributed by atoms with Crippen LogP contribution in [0, 0.1) is 5.92 Å². The normalized spacial score (nSPS) is 16.4. The molecule has 4 aromatic rings. The fraction of sp³-hybridized carbons (Fsp3) is 0.311. The minimum atomic E-state index is -3.19. The van der Waals surface area contributed by atoms with Crippen LogP contribution >= 0.6 is 6.89 Å². The maximum atomic E-state index is 15.1. The number of esters is 1. The molecule has 1 heterocycles. The molecule has 1 aliphatic heterocycles. The number of nitrogens with zero attached hydrogens (tertiary/aromatic N) is 1. The minimum absolute atomic E-state index is 0.0625. The van der Waals surface area contributed by atoms with Crippen molar-refractivity contribution in [2.45, 2.75) is 70.8 Å². The quantitative estimate of drug-likeness (QED) is 0.0363. The first-order valence-electron chi connectivity index (χ1n) is 18.7. The van der Waals surface area contributed by atoms with Crippen LogP contribution in [0.15, 0.2) is 128 Å². The van der Waals surface area contributed by atoms with Crippen LogP contribution in [0.25, 0.3) is 0 Å². The predicted molar refractivity (Wildman–Crippen MR) is 226 cm³/mol. The largest absolute Gasteiger partial charge is 0.457 e. The lowest BCUT2D eigenvalue weighted by Gasteiger charge is -2.53. The highest BCUT2D eigenvalue weighted by atomic mass is 31.2. The number of benzene rings is 4. The molecule has 55 heavy (non-hydrogen) atoms. The van der Waals surface area contributed by atoms with Gasteiger partial charge in [0.25, 0.3) is 0 Å². The molecule has 1 aliphatic rings. The second-order valence-electron chi connectivity index (χ2n) is 15.4. The van der Waals surface area contributed by atoms with Gasteiger partial charge in [-0.15, -0.1) is 0 Å². The SMILES string of the molecule is C=CCOC(=O)C(N1C(=O)[C@H]([C@H](C)O[Si](C)(C)C(C)(C)C)[C@H]1CC(=O)c1ccc(CC(=O)NC)cc1)=P(c1ccccc1)(c1ccccc1)c1ccccc1. The Morgan fingerprint density at radius 3 is 1.78 bits per heavy atom. The molecule has 1 saturated heterocycles. The van der Waals surface area contributed by atoms with E-state index in [-0.39, 0.29) is 47.5 Å². The summed E-state index contributed by atoms with van der Waals surface area (Å²) in [6.07, 6.45) is 1.09. The molecule has 10 heteroatoms. The summed E-state index contributed by atoms with van der Waals surface area (Å²) in [6.45, 7) is 13.2. The number of carbonyl (C=O) groups is 4. The van der Waals surface area contributed by atoms with Crippen LogP contribution in [-0.2, 0) is 30.0 Å². The third kappa shape index (κ3) is 8.54. The summed E-state index contributed by atoms with van der Waals surface area (Å²) in [5, 5.41) is 5.07. The van der Waals surface area contributed by atoms with E-state index < -0.39 is 39.2 Å². The molecule has 0 aliphatic carbocycles. The van der Waals surface area contributed by atoms with Crippen LogP contribution in [0.2, 0.25) is 18.1 Å². The molecule has 0 bridgehead atoms. The standard InChI is InChI=1S/C45H53N2O6PSi/c1-9-29-52-44(51)43(54(35-19-13-10-14-20-35,36-21-15-11-16-22-36)37-23-17-12-18-24-37)47-38(41(42(47)50)32(2)53-55(7,8)45(3,4)5)31-39(48)34-27-25-33(26-28-34)30-40(49)46-6/h9-28,32,38,41H,1,29-31H2,2-8H3,(H,46,49)/t32-,38+,41+/m0/s1. The number of nitrogens with one attached hydrogen (secondary N) is 1. The second-order valence-corrected chi connectivity index (χ2v) is 23.5. The van der Waals surface area contributed by atoms with Crippen molar-refractivity contribution in [3.05, 3.63) is 139 Å². The van der Waals surface area contributed by atoms with E-state index in [0.29, 0.717) is 5.56 Å². The molecule has 2 amide bonds. The monoisotopic (exact) mass is 776 g/mol. The summed E-state index contributed by atoms with van der Waals surface area (Å²) >= 11 is 0. The Balaban J connectivity index is 1.78. The number of likely N-dealkylation sites (N-methyl/N-ethyl adjacent to an activating group) is 1. The van der Waals surface area contributed by atoms with E-state index >= 15 is 4.79 Å². The fourth-order valence-corrected chi connectivity index (χ4v) is 12.9. The van der Waals surface area contributed by atoms with Gasteiger partial charge in [-0.3, -0.25) is 14.4 Å². The zero-order valence-corrected chi connectivity index (χ0v) is 34.8. The molecule has 1 fully saturated rings. The van der Waals surface area contributed by atoms with Gasteiger partial charge in [0.15, 0.2) is 14.1 Å². The Morgan fingerprint density at radius 1 is 0.855 bits per heavy atom. The van der Waals surface area contributed by atoms with Crippen molar-refractivity contribution in [3.8, 4) is 0 Å². The number of ketones is 1. The molecule has 1 N–H and O–H groups in total. The van der Waals surface area contributed by atoms with Gasteiger partial charge in [-0.1, -0.05) is 149 Å². The zero-order chi connectivity index (χ0) is 40.0. The smallest absolute Gasteiger partial charge is 0.356 e. The summed E-state index contributed by atoms with van der Waals surface area (Å²) in [5.74, 6) is -1.97. The van der Waals surface area contributed by atoms with Crippen molar-refractivity contribution in [1.82, 2.24) is 10.2 Å². The van der Waals surface area contributed by atoms with E-state index in [1.807, 2.05) is 97.9 Å². The third-order valence-electron chi connectivity index (χ3n) is 10.9. The molecule has 8 nitrogen and oxygen atoms in total. The Hall–Kier alpha value is -4.82. The molecular formula is C45H53N2O6PSi. The molecule has 0 unspecified atom stereocenters. The van der Waals surface area contributed by atoms with Gasteiger partial charge in [0.1, 0.15) is 12.0 Å². The van der Waals surface area contributed by atoms with Gasteiger partial charge >= 0.3 is 5.97 Å². The van der Waals surface area contributed by atoms with Crippen molar-refractivity contribution < 1.29 is 28.3 Å². The maximum Gasteiger partial charge on any atom is 0.356 e. The van der Waals surface area contributed by atoms with Gasteiger partial charge in [0.2, 0.25) is 11.8 Å². The Bertz CT molecular complexity index is 1960. The topological polar surface area (TPSA) is 102 Å². The Labute approximate surface area is 327 Å². The third-order valence-corrected chi connectivity index (χ3v) is 19.7. The van der Waals surface area contributed by atoms with Gasteiger partial charge in [-0.2, -0.15) is 0 Å². The first-order chi connectivity index (χ1) is 26.2. The first-order valence-corrected chi connectivity index (χ1v) is 23.4. The van der Waals surface area contributed by atoms with Crippen molar-refractivity contribution >= 4 is 60.1 Å². The highest BCUT2D eigenvalue weighted by Gasteiger charge is 2.57. The van der Waals surface area contributed by atoms with Crippen LogP contribution in [0.1, 0.15) is 50.0 Å². The molecular weight excluding hydrogens is 724 g/mol. The van der Waals surface area contributed by atoms with Crippen LogP contribution in [-0.4, -0.2) is 68.0 Å². The highest BCUT2D eigenvalue weighted by molar-refractivity contribution is 7.96. The van der Waals surface area contributed by atoms with E-state index in [4.69, 9.17) is 9.16 Å². The Morgan fingerprint density at radius 2 is 1.35 bits per heavy atom. The molecule has 288 valence electrons. The maximum absolute atomic E-state index is 15.1. The highest BCUT2D eigenvalue weighted by Crippen LogP contribution is 2.50. The van der Waals surface area contributed by atoms with Crippen LogP contribution in [0.3, 0.4) is 0 Å². The summed E-state index contributed by atoms with van der Waals surface area (Å²) in [5.41, 5.74) is 1.43. The number of rotatable bonds is 15. The summed E-state index contributed by atoms with van der Waals surface area (Å²) in [7, 11) is -0.789. The molecule has 0 aromatic heterocycles. The van der Waals surface area contributed by atoms with Crippen LogP contribution in [0.4, 0.5) is 0 Å². The zero-order valence-electron chi connectivity index (χ0n) is 33.0. The molecule has 0 radical (unpaired) electrons. The van der Waals surface area contributed by atoms with Gasteiger partial charge in [-0.25, -0.2) is 4.79 Å². The van der Waals surface area contributed by atoms with Crippen molar-refractivity contribution in [2.24, 2.45) is 5.92 Å². The van der Waals surface area contributed by atoms with Gasteiger partial charge < -0.3 is 19.4 Å². The summed E-state index contributed by atoms with van der Waals surface area (Å²) < 4.78 is 12.8. The van der Waals surface area contributed by atoms with E-state index in [9.17, 15) is 14.4 Å². The molecule has 0 spiro atoms. The lowest BCUT2D eigenvalue weighted by molar-refractivity contribution is -0.156. The fourth-order valence-electron chi connectivity index (χ4n) is 7.03. The lowest BCUT2D eigenvalue weighted by atomic mass is 9.79. The number of likely N-dealkylation sites (tertiary alicyclic amines) is 1. The number of hydrogen-bond acceptors (Lipinski definition) is 6. The number of Topliss-reactive ketones (excluding diaryl/α,β-unsaturated/α-hetero) is 1. The molecule has 5 rings (SSSR count). The second kappa shape index (κ2) is 17.3. The summed E-state index contributed by atoms with van der Waals surface area (Å²) in [4.78, 5) is 57.9. The van der Waals surface area contributed by atoms with Crippen LogP contribution in [0.5, 0.6) is 0 Å². The number of ether oxygens (including phenoxy) is 1. The molecule has 3 atom stereocenters. The van der Waals surface area contributed by atoms with Gasteiger partial charge in [0, 0.05) is 25.9 Å². The van der Waals surface area contributed by atoms with E-state index in [2.05, 4.69) is 45.8 Å². The van der Waals surface area contributed by atoms with E-state index in [0.717, 1.165) is 21.5 Å². The first kappa shape index (κ1) is 41.3. The van der Waals surface area contributed by atoms with Crippen LogP contribution < -0.4 is 21.2 Å². The average Bonchev–Trinajstić information content (AvgIpc) is 3.17. The molecule has 4 aromatic carbocycles. The number of amides is 2. The molecule has 0 saturated carbocycles. The predicted octanol–water partition coefficient (Wildman–Crippen LogP) is 6.64. The minimum Gasteiger partial charge on any atom is -0.457 e. The van der Waals surface area contributed by atoms with E-state index in [1.54, 1.807) is 36.2 Å². The Kier molecular flexibility index (Phi) is 13.0.